The Labute approximate surface area is 149 Å². The van der Waals surface area contributed by atoms with Gasteiger partial charge in [-0.2, -0.15) is 9.97 Å². The number of rotatable bonds is 6. The number of nitrogens with zero attached hydrogens (tertiary/aromatic N) is 6. The molecule has 3 rings (SSSR count). The number of ether oxygens (including phenoxy) is 1. The van der Waals surface area contributed by atoms with E-state index < -0.39 is 0 Å². The lowest BCUT2D eigenvalue weighted by molar-refractivity contribution is 0.0715. The second-order valence-electron chi connectivity index (χ2n) is 5.68. The molecule has 0 aliphatic rings. The number of pyridine rings is 1. The minimum atomic E-state index is -0.361. The number of aromatic nitrogens is 5. The fourth-order valence-electron chi connectivity index (χ4n) is 2.15. The summed E-state index contributed by atoms with van der Waals surface area (Å²) in [6.07, 6.45) is 1.44. The average molecular weight is 358 g/mol. The predicted octanol–water partition coefficient (Wildman–Crippen LogP) is 1.88. The Morgan fingerprint density at radius 2 is 1.92 bits per heavy atom. The Hall–Kier alpha value is -3.30. The second-order valence-corrected chi connectivity index (χ2v) is 5.68. The molecule has 10 nitrogen and oxygen atoms in total. The summed E-state index contributed by atoms with van der Waals surface area (Å²) in [7, 11) is 1.66. The van der Waals surface area contributed by atoms with E-state index in [0.29, 0.717) is 34.9 Å². The number of amides is 1. The monoisotopic (exact) mass is 358 g/mol. The van der Waals surface area contributed by atoms with Crippen LogP contribution in [0.2, 0.25) is 0 Å². The first-order chi connectivity index (χ1) is 12.4. The summed E-state index contributed by atoms with van der Waals surface area (Å²) in [4.78, 5) is 26.4. The first kappa shape index (κ1) is 17.5. The molecule has 0 N–H and O–H groups in total. The lowest BCUT2D eigenvalue weighted by Gasteiger charge is -2.21. The molecule has 0 aliphatic heterocycles. The summed E-state index contributed by atoms with van der Waals surface area (Å²) >= 11 is 0. The van der Waals surface area contributed by atoms with Crippen molar-refractivity contribution in [2.45, 2.75) is 33.4 Å². The summed E-state index contributed by atoms with van der Waals surface area (Å²) in [6, 6.07) is 2.87. The molecule has 0 fully saturated rings. The van der Waals surface area contributed by atoms with Gasteiger partial charge in [0.1, 0.15) is 6.04 Å². The molecule has 0 aromatic carbocycles. The van der Waals surface area contributed by atoms with E-state index in [9.17, 15) is 4.79 Å². The van der Waals surface area contributed by atoms with Gasteiger partial charge in [0.15, 0.2) is 18.3 Å². The van der Waals surface area contributed by atoms with Crippen molar-refractivity contribution < 1.29 is 18.6 Å². The highest BCUT2D eigenvalue weighted by Gasteiger charge is 2.23. The SMILES string of the molecule is Cc1noc(COc2ccc(C(=O)N(C)[C@@H](C)c3nc(C)no3)cn2)n1. The summed E-state index contributed by atoms with van der Waals surface area (Å²) in [5.74, 6) is 1.91. The van der Waals surface area contributed by atoms with Crippen molar-refractivity contribution in [1.29, 1.82) is 0 Å². The van der Waals surface area contributed by atoms with Crippen LogP contribution in [0.3, 0.4) is 0 Å². The third-order valence-corrected chi connectivity index (χ3v) is 3.70. The van der Waals surface area contributed by atoms with Crippen LogP contribution < -0.4 is 4.74 Å². The fourth-order valence-corrected chi connectivity index (χ4v) is 2.15. The van der Waals surface area contributed by atoms with Gasteiger partial charge < -0.3 is 18.7 Å². The molecule has 0 bridgehead atoms. The van der Waals surface area contributed by atoms with Crippen LogP contribution in [0.15, 0.2) is 27.4 Å². The molecule has 0 unspecified atom stereocenters. The van der Waals surface area contributed by atoms with Gasteiger partial charge in [0.25, 0.3) is 11.8 Å². The third kappa shape index (κ3) is 3.85. The van der Waals surface area contributed by atoms with E-state index in [0.717, 1.165) is 0 Å². The van der Waals surface area contributed by atoms with Crippen LogP contribution in [0.1, 0.15) is 46.8 Å². The second kappa shape index (κ2) is 7.30. The zero-order valence-corrected chi connectivity index (χ0v) is 14.8. The van der Waals surface area contributed by atoms with Crippen molar-refractivity contribution >= 4 is 5.91 Å². The average Bonchev–Trinajstić information content (AvgIpc) is 3.26. The van der Waals surface area contributed by atoms with Crippen molar-refractivity contribution in [3.8, 4) is 5.88 Å². The molecule has 1 atom stereocenters. The molecule has 0 radical (unpaired) electrons. The molecular weight excluding hydrogens is 340 g/mol. The van der Waals surface area contributed by atoms with Gasteiger partial charge in [-0.3, -0.25) is 4.79 Å². The highest BCUT2D eigenvalue weighted by molar-refractivity contribution is 5.94. The topological polar surface area (TPSA) is 120 Å². The van der Waals surface area contributed by atoms with Gasteiger partial charge >= 0.3 is 0 Å². The summed E-state index contributed by atoms with van der Waals surface area (Å²) in [5, 5.41) is 7.42. The maximum absolute atomic E-state index is 12.6. The summed E-state index contributed by atoms with van der Waals surface area (Å²) in [5.41, 5.74) is 0.413. The van der Waals surface area contributed by atoms with E-state index in [1.54, 1.807) is 33.0 Å². The molecule has 0 aliphatic carbocycles. The molecule has 3 aromatic rings. The van der Waals surface area contributed by atoms with E-state index in [2.05, 4.69) is 25.3 Å². The molecule has 3 aromatic heterocycles. The van der Waals surface area contributed by atoms with E-state index >= 15 is 0 Å². The zero-order chi connectivity index (χ0) is 18.7. The number of carbonyl (C=O) groups is 1. The Bertz CT molecular complexity index is 888. The van der Waals surface area contributed by atoms with Crippen LogP contribution in [0.25, 0.3) is 0 Å². The van der Waals surface area contributed by atoms with E-state index in [1.807, 2.05) is 6.92 Å². The number of aryl methyl sites for hydroxylation is 2. The molecule has 26 heavy (non-hydrogen) atoms. The van der Waals surface area contributed by atoms with Crippen molar-refractivity contribution in [2.75, 3.05) is 7.05 Å². The number of hydrogen-bond acceptors (Lipinski definition) is 9. The maximum atomic E-state index is 12.6. The Balaban J connectivity index is 1.62. The van der Waals surface area contributed by atoms with Gasteiger partial charge in [0, 0.05) is 19.3 Å². The third-order valence-electron chi connectivity index (χ3n) is 3.70. The van der Waals surface area contributed by atoms with Crippen LogP contribution in [-0.2, 0) is 6.61 Å². The molecule has 136 valence electrons. The van der Waals surface area contributed by atoms with Gasteiger partial charge in [-0.25, -0.2) is 4.98 Å². The Morgan fingerprint density at radius 3 is 2.50 bits per heavy atom. The van der Waals surface area contributed by atoms with E-state index in [-0.39, 0.29) is 18.6 Å². The van der Waals surface area contributed by atoms with Gasteiger partial charge in [-0.05, 0) is 26.8 Å². The minimum absolute atomic E-state index is 0.106. The molecule has 0 saturated carbocycles. The van der Waals surface area contributed by atoms with Crippen molar-refractivity contribution in [3.05, 3.63) is 47.3 Å². The highest BCUT2D eigenvalue weighted by Crippen LogP contribution is 2.19. The smallest absolute Gasteiger partial charge is 0.264 e. The molecule has 0 spiro atoms. The van der Waals surface area contributed by atoms with Crippen LogP contribution >= 0.6 is 0 Å². The van der Waals surface area contributed by atoms with Gasteiger partial charge in [0.2, 0.25) is 11.8 Å². The van der Waals surface area contributed by atoms with Crippen molar-refractivity contribution in [2.24, 2.45) is 0 Å². The fraction of sp³-hybridized carbons (Fsp3) is 0.375. The lowest BCUT2D eigenvalue weighted by Crippen LogP contribution is -2.30. The molecule has 0 saturated heterocycles. The summed E-state index contributed by atoms with van der Waals surface area (Å²) in [6.45, 7) is 5.36. The van der Waals surface area contributed by atoms with Crippen LogP contribution in [0.4, 0.5) is 0 Å². The first-order valence-electron chi connectivity index (χ1n) is 7.89. The Kier molecular flexibility index (Phi) is 4.92. The quantitative estimate of drug-likeness (QED) is 0.650. The standard InChI is InChI=1S/C16H18N6O4/c1-9(15-19-11(3)21-26-15)22(4)16(23)12-5-6-13(17-7-12)24-8-14-18-10(2)20-25-14/h5-7,9H,8H2,1-4H3/t9-/m0/s1. The summed E-state index contributed by atoms with van der Waals surface area (Å²) < 4.78 is 15.5. The number of hydrogen-bond donors (Lipinski definition) is 0. The molecular formula is C16H18N6O4. The van der Waals surface area contributed by atoms with Crippen LogP contribution in [0.5, 0.6) is 5.88 Å². The molecule has 3 heterocycles. The first-order valence-corrected chi connectivity index (χ1v) is 7.89. The Morgan fingerprint density at radius 1 is 1.19 bits per heavy atom. The van der Waals surface area contributed by atoms with Crippen molar-refractivity contribution in [3.63, 3.8) is 0 Å². The predicted molar refractivity (Wildman–Crippen MR) is 87.1 cm³/mol. The van der Waals surface area contributed by atoms with Crippen LogP contribution in [0, 0.1) is 13.8 Å². The lowest BCUT2D eigenvalue weighted by atomic mass is 10.2. The van der Waals surface area contributed by atoms with Gasteiger partial charge in [-0.15, -0.1) is 0 Å². The van der Waals surface area contributed by atoms with Crippen molar-refractivity contribution in [1.82, 2.24) is 30.2 Å². The van der Waals surface area contributed by atoms with Crippen LogP contribution in [-0.4, -0.2) is 43.1 Å². The van der Waals surface area contributed by atoms with E-state index in [1.165, 1.54) is 11.1 Å². The molecule has 10 heteroatoms. The van der Waals surface area contributed by atoms with Gasteiger partial charge in [0.05, 0.1) is 5.56 Å². The largest absolute Gasteiger partial charge is 0.468 e. The van der Waals surface area contributed by atoms with Gasteiger partial charge in [-0.1, -0.05) is 10.3 Å². The highest BCUT2D eigenvalue weighted by atomic mass is 16.5. The zero-order valence-electron chi connectivity index (χ0n) is 14.8. The molecule has 1 amide bonds. The van der Waals surface area contributed by atoms with E-state index in [4.69, 9.17) is 13.8 Å². The normalized spacial score (nSPS) is 12.0. The number of carbonyl (C=O) groups excluding carboxylic acids is 1. The minimum Gasteiger partial charge on any atom is -0.468 e. The maximum Gasteiger partial charge on any atom is 0.264 e.